The van der Waals surface area contributed by atoms with Crippen LogP contribution in [-0.4, -0.2) is 52.1 Å². The van der Waals surface area contributed by atoms with E-state index in [0.717, 1.165) is 19.4 Å². The van der Waals surface area contributed by atoms with Gasteiger partial charge in [0, 0.05) is 19.6 Å². The van der Waals surface area contributed by atoms with E-state index in [9.17, 15) is 14.9 Å². The van der Waals surface area contributed by atoms with Gasteiger partial charge in [-0.2, -0.15) is 5.10 Å². The minimum atomic E-state index is -0.516. The van der Waals surface area contributed by atoms with E-state index in [1.54, 1.807) is 4.90 Å². The zero-order valence-electron chi connectivity index (χ0n) is 11.9. The summed E-state index contributed by atoms with van der Waals surface area (Å²) in [4.78, 5) is 24.7. The van der Waals surface area contributed by atoms with Crippen LogP contribution in [0.25, 0.3) is 0 Å². The Morgan fingerprint density at radius 2 is 2.19 bits per heavy atom. The topological polar surface area (TPSA) is 104 Å². The van der Waals surface area contributed by atoms with Crippen molar-refractivity contribution in [2.75, 3.05) is 26.2 Å². The number of aromatic amines is 1. The molecule has 2 rings (SSSR count). The molecular weight excluding hydrogens is 298 g/mol. The van der Waals surface area contributed by atoms with Crippen molar-refractivity contribution < 1.29 is 9.72 Å². The number of carbonyl (C=O) groups excluding carboxylic acids is 1. The van der Waals surface area contributed by atoms with Crippen molar-refractivity contribution >= 4 is 24.0 Å². The highest BCUT2D eigenvalue weighted by Crippen LogP contribution is 2.23. The van der Waals surface area contributed by atoms with Gasteiger partial charge in [0.05, 0.1) is 4.92 Å². The van der Waals surface area contributed by atoms with E-state index < -0.39 is 4.92 Å². The second-order valence-corrected chi connectivity index (χ2v) is 4.80. The molecule has 9 heteroatoms. The average molecular weight is 318 g/mol. The number of hydrogen-bond acceptors (Lipinski definition) is 5. The van der Waals surface area contributed by atoms with Crippen molar-refractivity contribution in [3.8, 4) is 0 Å². The third-order valence-corrected chi connectivity index (χ3v) is 3.33. The molecule has 1 aromatic heterocycles. The van der Waals surface area contributed by atoms with Gasteiger partial charge in [0.25, 0.3) is 5.91 Å². The van der Waals surface area contributed by atoms with Gasteiger partial charge < -0.3 is 10.2 Å². The van der Waals surface area contributed by atoms with Gasteiger partial charge in [-0.3, -0.25) is 20.0 Å². The number of rotatable bonds is 4. The van der Waals surface area contributed by atoms with Gasteiger partial charge in [-0.15, -0.1) is 12.4 Å². The highest BCUT2D eigenvalue weighted by Gasteiger charge is 2.31. The normalized spacial score (nSPS) is 15.2. The lowest BCUT2D eigenvalue weighted by Gasteiger charge is -2.18. The smallest absolute Gasteiger partial charge is 0.322 e. The summed E-state index contributed by atoms with van der Waals surface area (Å²) in [6.07, 6.45) is 2.11. The number of nitrogens with zero attached hydrogens (tertiary/aromatic N) is 3. The number of aryl methyl sites for hydroxylation is 1. The fourth-order valence-electron chi connectivity index (χ4n) is 2.34. The number of carbonyl (C=O) groups is 1. The molecule has 1 amide bonds. The zero-order valence-corrected chi connectivity index (χ0v) is 12.7. The van der Waals surface area contributed by atoms with Crippen molar-refractivity contribution in [1.82, 2.24) is 20.4 Å². The molecule has 1 aliphatic rings. The van der Waals surface area contributed by atoms with Crippen molar-refractivity contribution in [1.29, 1.82) is 0 Å². The van der Waals surface area contributed by atoms with E-state index in [1.807, 2.05) is 6.92 Å². The summed E-state index contributed by atoms with van der Waals surface area (Å²) in [5.41, 5.74) is 0.184. The van der Waals surface area contributed by atoms with Crippen LogP contribution in [0.1, 0.15) is 35.9 Å². The standard InChI is InChI=1S/C12H19N5O3.ClH/c1-2-4-9-11(17(19)20)10(15-14-9)12(18)16-7-3-5-13-6-8-16;/h13H,2-8H2,1H3,(H,14,15);1H. The molecule has 0 atom stereocenters. The molecule has 2 N–H and O–H groups in total. The molecule has 0 radical (unpaired) electrons. The molecule has 118 valence electrons. The Balaban J connectivity index is 0.00000220. The highest BCUT2D eigenvalue weighted by molar-refractivity contribution is 5.96. The lowest BCUT2D eigenvalue weighted by molar-refractivity contribution is -0.385. The molecule has 8 nitrogen and oxygen atoms in total. The molecule has 0 aliphatic carbocycles. The van der Waals surface area contributed by atoms with E-state index in [2.05, 4.69) is 15.5 Å². The monoisotopic (exact) mass is 317 g/mol. The van der Waals surface area contributed by atoms with Crippen LogP contribution in [0.4, 0.5) is 5.69 Å². The van der Waals surface area contributed by atoms with E-state index >= 15 is 0 Å². The Morgan fingerprint density at radius 3 is 2.86 bits per heavy atom. The Hall–Kier alpha value is -1.67. The van der Waals surface area contributed by atoms with Gasteiger partial charge in [0.15, 0.2) is 0 Å². The summed E-state index contributed by atoms with van der Waals surface area (Å²) in [7, 11) is 0. The fraction of sp³-hybridized carbons (Fsp3) is 0.667. The van der Waals surface area contributed by atoms with Gasteiger partial charge in [-0.25, -0.2) is 0 Å². The summed E-state index contributed by atoms with van der Waals surface area (Å²) in [6.45, 7) is 4.62. The van der Waals surface area contributed by atoms with Crippen LogP contribution in [0.3, 0.4) is 0 Å². The minimum absolute atomic E-state index is 0. The van der Waals surface area contributed by atoms with Crippen LogP contribution in [0.15, 0.2) is 0 Å². The number of hydrogen-bond donors (Lipinski definition) is 2. The lowest BCUT2D eigenvalue weighted by atomic mass is 10.2. The number of aromatic nitrogens is 2. The molecule has 0 unspecified atom stereocenters. The molecule has 0 saturated carbocycles. The highest BCUT2D eigenvalue weighted by atomic mass is 35.5. The largest absolute Gasteiger partial charge is 0.336 e. The van der Waals surface area contributed by atoms with Crippen LogP contribution < -0.4 is 5.32 Å². The molecule has 1 aromatic rings. The van der Waals surface area contributed by atoms with E-state index in [0.29, 0.717) is 31.7 Å². The van der Waals surface area contributed by atoms with Gasteiger partial charge in [-0.05, 0) is 19.4 Å². The molecule has 0 bridgehead atoms. The Labute approximate surface area is 128 Å². The first-order valence-corrected chi connectivity index (χ1v) is 6.86. The lowest BCUT2D eigenvalue weighted by Crippen LogP contribution is -2.34. The van der Waals surface area contributed by atoms with Crippen LogP contribution in [-0.2, 0) is 6.42 Å². The molecular formula is C12H20ClN5O3. The number of nitro groups is 1. The number of nitrogens with one attached hydrogen (secondary N) is 2. The maximum Gasteiger partial charge on any atom is 0.322 e. The Bertz CT molecular complexity index is 497. The third-order valence-electron chi connectivity index (χ3n) is 3.33. The molecule has 21 heavy (non-hydrogen) atoms. The maximum atomic E-state index is 12.4. The second kappa shape index (κ2) is 7.94. The Kier molecular flexibility index (Phi) is 6.57. The quantitative estimate of drug-likeness (QED) is 0.640. The van der Waals surface area contributed by atoms with E-state index in [4.69, 9.17) is 0 Å². The number of amides is 1. The third kappa shape index (κ3) is 3.92. The van der Waals surface area contributed by atoms with Crippen LogP contribution >= 0.6 is 12.4 Å². The first-order chi connectivity index (χ1) is 9.65. The summed E-state index contributed by atoms with van der Waals surface area (Å²) in [5, 5.41) is 20.9. The van der Waals surface area contributed by atoms with Crippen LogP contribution in [0, 0.1) is 10.1 Å². The SMILES string of the molecule is CCCc1[nH]nc(C(=O)N2CCCNCC2)c1[N+](=O)[O-].Cl. The van der Waals surface area contributed by atoms with Gasteiger partial charge in [0.1, 0.15) is 5.69 Å². The minimum Gasteiger partial charge on any atom is -0.336 e. The van der Waals surface area contributed by atoms with Crippen LogP contribution in [0.2, 0.25) is 0 Å². The first kappa shape index (κ1) is 17.4. The first-order valence-electron chi connectivity index (χ1n) is 6.86. The number of halogens is 1. The molecule has 0 aromatic carbocycles. The average Bonchev–Trinajstić information content (AvgIpc) is 2.66. The van der Waals surface area contributed by atoms with Crippen LogP contribution in [0.5, 0.6) is 0 Å². The van der Waals surface area contributed by atoms with E-state index in [1.165, 1.54) is 0 Å². The molecule has 1 fully saturated rings. The summed E-state index contributed by atoms with van der Waals surface area (Å²) in [6, 6.07) is 0. The summed E-state index contributed by atoms with van der Waals surface area (Å²) >= 11 is 0. The molecule has 2 heterocycles. The zero-order chi connectivity index (χ0) is 14.5. The van der Waals surface area contributed by atoms with Crippen molar-refractivity contribution in [2.45, 2.75) is 26.2 Å². The molecule has 1 saturated heterocycles. The van der Waals surface area contributed by atoms with Gasteiger partial charge in [-0.1, -0.05) is 13.3 Å². The maximum absolute atomic E-state index is 12.4. The predicted molar refractivity (Wildman–Crippen MR) is 79.9 cm³/mol. The predicted octanol–water partition coefficient (Wildman–Crippen LogP) is 1.13. The molecule has 1 aliphatic heterocycles. The summed E-state index contributed by atoms with van der Waals surface area (Å²) < 4.78 is 0. The van der Waals surface area contributed by atoms with Gasteiger partial charge >= 0.3 is 5.69 Å². The van der Waals surface area contributed by atoms with Crippen molar-refractivity contribution in [3.05, 3.63) is 21.5 Å². The molecule has 0 spiro atoms. The summed E-state index contributed by atoms with van der Waals surface area (Å²) in [5.74, 6) is -0.362. The van der Waals surface area contributed by atoms with Crippen molar-refractivity contribution in [2.24, 2.45) is 0 Å². The second-order valence-electron chi connectivity index (χ2n) is 4.80. The van der Waals surface area contributed by atoms with Crippen molar-refractivity contribution in [3.63, 3.8) is 0 Å². The Morgan fingerprint density at radius 1 is 1.43 bits per heavy atom. The van der Waals surface area contributed by atoms with Gasteiger partial charge in [0.2, 0.25) is 5.69 Å². The van der Waals surface area contributed by atoms with E-state index in [-0.39, 0.29) is 29.7 Å². The number of H-pyrrole nitrogens is 1. The fourth-order valence-corrected chi connectivity index (χ4v) is 2.34.